The lowest BCUT2D eigenvalue weighted by Crippen LogP contribution is -2.41. The molecule has 0 saturated carbocycles. The molecule has 0 bridgehead atoms. The van der Waals surface area contributed by atoms with Gasteiger partial charge in [0, 0.05) is 0 Å². The molecule has 1 spiro atoms. The van der Waals surface area contributed by atoms with Crippen molar-refractivity contribution in [2.45, 2.75) is 109 Å². The van der Waals surface area contributed by atoms with E-state index >= 15 is 0 Å². The molecular formula is C39H44B2O4. The van der Waals surface area contributed by atoms with Crippen molar-refractivity contribution in [3.05, 3.63) is 99.6 Å². The molecule has 0 radical (unpaired) electrons. The summed E-state index contributed by atoms with van der Waals surface area (Å²) in [7, 11) is -0.867. The van der Waals surface area contributed by atoms with Crippen LogP contribution in [0, 0.1) is 0 Å². The minimum absolute atomic E-state index is 0.411. The van der Waals surface area contributed by atoms with Gasteiger partial charge in [-0.3, -0.25) is 0 Å². The van der Waals surface area contributed by atoms with Crippen LogP contribution in [-0.2, 0) is 24.0 Å². The monoisotopic (exact) mass is 598 g/mol. The van der Waals surface area contributed by atoms with Crippen molar-refractivity contribution in [1.29, 1.82) is 0 Å². The van der Waals surface area contributed by atoms with E-state index in [9.17, 15) is 0 Å². The summed E-state index contributed by atoms with van der Waals surface area (Å²) in [6, 6.07) is 22.9. The van der Waals surface area contributed by atoms with Crippen LogP contribution in [0.5, 0.6) is 0 Å². The smallest absolute Gasteiger partial charge is 0.399 e. The highest BCUT2D eigenvalue weighted by Crippen LogP contribution is 2.60. The van der Waals surface area contributed by atoms with Gasteiger partial charge in [0.15, 0.2) is 0 Å². The Morgan fingerprint density at radius 1 is 0.533 bits per heavy atom. The van der Waals surface area contributed by atoms with Crippen LogP contribution in [0.4, 0.5) is 0 Å². The van der Waals surface area contributed by atoms with Crippen LogP contribution in [0.1, 0.15) is 114 Å². The summed E-state index contributed by atoms with van der Waals surface area (Å²) >= 11 is 0. The normalized spacial score (nSPS) is 24.4. The average Bonchev–Trinajstić information content (AvgIpc) is 3.46. The molecule has 0 aromatic heterocycles. The van der Waals surface area contributed by atoms with Crippen LogP contribution in [0.3, 0.4) is 0 Å². The maximum atomic E-state index is 6.61. The lowest BCUT2D eigenvalue weighted by atomic mass is 9.61. The molecule has 3 aromatic rings. The number of rotatable bonds is 2. The molecular weight excluding hydrogens is 554 g/mol. The van der Waals surface area contributed by atoms with Gasteiger partial charge in [0.25, 0.3) is 0 Å². The van der Waals surface area contributed by atoms with Gasteiger partial charge in [0.1, 0.15) is 0 Å². The number of hydrogen-bond acceptors (Lipinski definition) is 4. The molecule has 0 unspecified atom stereocenters. The second-order valence-corrected chi connectivity index (χ2v) is 15.7. The highest BCUT2D eigenvalue weighted by atomic mass is 16.7. The Morgan fingerprint density at radius 2 is 1.00 bits per heavy atom. The van der Waals surface area contributed by atoms with Gasteiger partial charge in [-0.25, -0.2) is 0 Å². The van der Waals surface area contributed by atoms with Crippen LogP contribution in [0.2, 0.25) is 0 Å². The third kappa shape index (κ3) is 4.08. The van der Waals surface area contributed by atoms with E-state index in [0.717, 1.165) is 23.8 Å². The van der Waals surface area contributed by atoms with E-state index in [-0.39, 0.29) is 0 Å². The van der Waals surface area contributed by atoms with E-state index in [1.54, 1.807) is 5.57 Å². The van der Waals surface area contributed by atoms with E-state index < -0.39 is 42.1 Å². The predicted octanol–water partition coefficient (Wildman–Crippen LogP) is 7.44. The van der Waals surface area contributed by atoms with Gasteiger partial charge in [-0.2, -0.15) is 0 Å². The molecule has 0 atom stereocenters. The largest absolute Gasteiger partial charge is 0.494 e. The molecule has 2 aliphatic heterocycles. The Bertz CT molecular complexity index is 1670. The van der Waals surface area contributed by atoms with Gasteiger partial charge >= 0.3 is 14.2 Å². The maximum absolute atomic E-state index is 6.61. The first kappa shape index (κ1) is 29.5. The summed E-state index contributed by atoms with van der Waals surface area (Å²) in [4.78, 5) is 0. The van der Waals surface area contributed by atoms with Gasteiger partial charge in [-0.15, -0.1) is 0 Å². The molecule has 6 heteroatoms. The van der Waals surface area contributed by atoms with Crippen molar-refractivity contribution < 1.29 is 18.6 Å². The lowest BCUT2D eigenvalue weighted by molar-refractivity contribution is 0.00578. The van der Waals surface area contributed by atoms with E-state index in [1.165, 1.54) is 51.8 Å². The molecule has 3 aromatic carbocycles. The Labute approximate surface area is 269 Å². The summed E-state index contributed by atoms with van der Waals surface area (Å²) in [6.45, 7) is 17.0. The number of hydrogen-bond donors (Lipinski definition) is 0. The molecule has 5 aliphatic rings. The van der Waals surface area contributed by atoms with Crippen molar-refractivity contribution in [3.8, 4) is 0 Å². The minimum Gasteiger partial charge on any atom is -0.399 e. The van der Waals surface area contributed by atoms with Crippen LogP contribution in [-0.4, -0.2) is 36.6 Å². The molecule has 4 nitrogen and oxygen atoms in total. The molecule has 0 N–H and O–H groups in total. The maximum Gasteiger partial charge on any atom is 0.494 e. The van der Waals surface area contributed by atoms with Gasteiger partial charge in [-0.1, -0.05) is 72.8 Å². The number of benzene rings is 3. The molecule has 2 heterocycles. The third-order valence-corrected chi connectivity index (χ3v) is 12.0. The van der Waals surface area contributed by atoms with Gasteiger partial charge in [-0.05, 0) is 137 Å². The molecule has 2 saturated heterocycles. The highest BCUT2D eigenvalue weighted by Gasteiger charge is 2.55. The summed E-state index contributed by atoms with van der Waals surface area (Å²) in [5.74, 6) is 0. The van der Waals surface area contributed by atoms with Gasteiger partial charge < -0.3 is 18.6 Å². The first-order valence-corrected chi connectivity index (χ1v) is 16.8. The zero-order chi connectivity index (χ0) is 31.6. The van der Waals surface area contributed by atoms with Crippen LogP contribution < -0.4 is 10.9 Å². The molecule has 3 aliphatic carbocycles. The van der Waals surface area contributed by atoms with E-state index in [4.69, 9.17) is 18.6 Å². The fourth-order valence-electron chi connectivity index (χ4n) is 8.13. The zero-order valence-electron chi connectivity index (χ0n) is 28.0. The molecule has 2 fully saturated rings. The van der Waals surface area contributed by atoms with E-state index in [2.05, 4.69) is 128 Å². The Kier molecular flexibility index (Phi) is 6.28. The van der Waals surface area contributed by atoms with Crippen LogP contribution in [0.25, 0.3) is 17.7 Å². The van der Waals surface area contributed by atoms with Crippen molar-refractivity contribution in [1.82, 2.24) is 0 Å². The van der Waals surface area contributed by atoms with Crippen molar-refractivity contribution in [3.63, 3.8) is 0 Å². The van der Waals surface area contributed by atoms with Crippen LogP contribution in [0.15, 0.2) is 66.2 Å². The molecule has 8 rings (SSSR count). The van der Waals surface area contributed by atoms with Crippen molar-refractivity contribution in [2.75, 3.05) is 0 Å². The fourth-order valence-corrected chi connectivity index (χ4v) is 8.13. The third-order valence-electron chi connectivity index (χ3n) is 12.0. The minimum atomic E-state index is -0.445. The quantitative estimate of drug-likeness (QED) is 0.288. The van der Waals surface area contributed by atoms with Gasteiger partial charge in [0.2, 0.25) is 0 Å². The summed E-state index contributed by atoms with van der Waals surface area (Å²) in [5, 5.41) is 0. The highest BCUT2D eigenvalue weighted by molar-refractivity contribution is 6.62. The fraction of sp³-hybridized carbons (Fsp3) is 0.436. The van der Waals surface area contributed by atoms with Gasteiger partial charge in [0.05, 0.1) is 27.8 Å². The second kappa shape index (κ2) is 9.58. The first-order chi connectivity index (χ1) is 21.3. The van der Waals surface area contributed by atoms with E-state index in [1.807, 2.05) is 0 Å². The first-order valence-electron chi connectivity index (χ1n) is 16.8. The summed E-state index contributed by atoms with van der Waals surface area (Å²) in [5.41, 5.74) is 10.9. The Balaban J connectivity index is 1.39. The zero-order valence-corrected chi connectivity index (χ0v) is 28.0. The lowest BCUT2D eigenvalue weighted by Gasteiger charge is -2.38. The summed E-state index contributed by atoms with van der Waals surface area (Å²) in [6.07, 6.45) is 9.21. The van der Waals surface area contributed by atoms with Crippen LogP contribution >= 0.6 is 0 Å². The van der Waals surface area contributed by atoms with E-state index in [0.29, 0.717) is 0 Å². The molecule has 0 amide bonds. The topological polar surface area (TPSA) is 36.9 Å². The number of allylic oxidation sites excluding steroid dienone is 2. The molecule has 230 valence electrons. The number of fused-ring (bicyclic) bond motifs is 8. The second-order valence-electron chi connectivity index (χ2n) is 15.7. The molecule has 45 heavy (non-hydrogen) atoms. The standard InChI is InChI=1S/C39H44B2O4/c1-35(2)36(3,4)43-40(42-35)27-21-19-25-17-18-26-20-22-28(41-44-37(5,6)38(7,8)45-41)24-34(26)39(33(25)23-27)31-15-11-9-13-29(31)30-14-10-12-16-32(30)39/h9,11,13,15,17-24H,10,12,14,16H2,1-8H3. The average molecular weight is 598 g/mol. The Morgan fingerprint density at radius 3 is 1.51 bits per heavy atom. The Hall–Kier alpha value is -2.89. The SMILES string of the molecule is CC1(C)OB(c2ccc3c(c2)C2(C4=C(CCCC4)c4ccccc42)c2cc(B4OC(C)(C)C(C)(C)O4)ccc2C=C3)OC1(C)C. The predicted molar refractivity (Wildman–Crippen MR) is 185 cm³/mol. The summed E-state index contributed by atoms with van der Waals surface area (Å²) < 4.78 is 26.4. The van der Waals surface area contributed by atoms with Crippen molar-refractivity contribution in [2.24, 2.45) is 0 Å². The van der Waals surface area contributed by atoms with Crippen molar-refractivity contribution >= 4 is 42.9 Å².